The van der Waals surface area contributed by atoms with Crippen molar-refractivity contribution < 1.29 is 23.8 Å². The number of anilines is 3. The number of rotatable bonds is 7. The molecule has 0 spiro atoms. The molecule has 3 aromatic rings. The van der Waals surface area contributed by atoms with Crippen molar-refractivity contribution in [1.82, 2.24) is 5.32 Å². The predicted octanol–water partition coefficient (Wildman–Crippen LogP) is 5.14. The number of hydrogen-bond donors (Lipinski definition) is 4. The molecule has 0 atom stereocenters. The second-order valence-electron chi connectivity index (χ2n) is 6.96. The average Bonchev–Trinajstić information content (AvgIpc) is 2.85. The molecule has 3 rings (SSSR count). The highest BCUT2D eigenvalue weighted by molar-refractivity contribution is 7.80. The lowest BCUT2D eigenvalue weighted by molar-refractivity contribution is 0.0977. The minimum atomic E-state index is -0.490. The van der Waals surface area contributed by atoms with Crippen LogP contribution in [-0.4, -0.2) is 38.4 Å². The van der Waals surface area contributed by atoms with Gasteiger partial charge in [-0.2, -0.15) is 0 Å². The largest absolute Gasteiger partial charge is 0.493 e. The third-order valence-electron chi connectivity index (χ3n) is 4.66. The van der Waals surface area contributed by atoms with Gasteiger partial charge in [0, 0.05) is 16.9 Å². The maximum absolute atomic E-state index is 12.7. The Hall–Kier alpha value is -4.02. The van der Waals surface area contributed by atoms with Gasteiger partial charge >= 0.3 is 6.03 Å². The van der Waals surface area contributed by atoms with Gasteiger partial charge in [-0.1, -0.05) is 29.8 Å². The van der Waals surface area contributed by atoms with Crippen LogP contribution in [0.5, 0.6) is 17.2 Å². The zero-order valence-electron chi connectivity index (χ0n) is 19.1. The van der Waals surface area contributed by atoms with Crippen LogP contribution >= 0.6 is 23.8 Å². The number of ether oxygens (including phenoxy) is 3. The summed E-state index contributed by atoms with van der Waals surface area (Å²) in [6, 6.07) is 16.4. The molecular formula is C24H23ClN4O5S. The molecule has 0 aliphatic rings. The summed E-state index contributed by atoms with van der Waals surface area (Å²) in [6.45, 7) is 0. The summed E-state index contributed by atoms with van der Waals surface area (Å²) < 4.78 is 15.8. The van der Waals surface area contributed by atoms with E-state index in [0.717, 1.165) is 0 Å². The topological polar surface area (TPSA) is 110 Å². The Labute approximate surface area is 212 Å². The van der Waals surface area contributed by atoms with Crippen LogP contribution in [-0.2, 0) is 0 Å². The molecule has 0 saturated heterocycles. The lowest BCUT2D eigenvalue weighted by atomic mass is 10.1. The van der Waals surface area contributed by atoms with Crippen molar-refractivity contribution in [2.24, 2.45) is 0 Å². The molecule has 3 amide bonds. The second kappa shape index (κ2) is 11.9. The van der Waals surface area contributed by atoms with Crippen molar-refractivity contribution in [2.75, 3.05) is 37.3 Å². The summed E-state index contributed by atoms with van der Waals surface area (Å²) in [7, 11) is 4.38. The number of urea groups is 1. The Morgan fingerprint density at radius 1 is 0.800 bits per heavy atom. The van der Waals surface area contributed by atoms with Gasteiger partial charge in [0.25, 0.3) is 5.91 Å². The Kier molecular flexibility index (Phi) is 8.71. The molecule has 4 N–H and O–H groups in total. The predicted molar refractivity (Wildman–Crippen MR) is 140 cm³/mol. The molecule has 182 valence electrons. The highest BCUT2D eigenvalue weighted by Crippen LogP contribution is 2.38. The van der Waals surface area contributed by atoms with Gasteiger partial charge in [0.2, 0.25) is 5.75 Å². The molecule has 35 heavy (non-hydrogen) atoms. The Morgan fingerprint density at radius 2 is 1.46 bits per heavy atom. The quantitative estimate of drug-likeness (QED) is 0.323. The van der Waals surface area contributed by atoms with Crippen molar-refractivity contribution in [3.63, 3.8) is 0 Å². The van der Waals surface area contributed by atoms with Crippen molar-refractivity contribution in [1.29, 1.82) is 0 Å². The van der Waals surface area contributed by atoms with E-state index in [1.165, 1.54) is 33.5 Å². The standard InChI is InChI=1S/C24H23ClN4O5S/c1-32-19-11-14(12-20(33-2)21(19)34-3)22(30)29-24(35)27-16-9-10-17(25)18(13-16)28-23(31)26-15-7-5-4-6-8-15/h4-13H,1-3H3,(H2,26,28,31)(H2,27,29,30,35). The van der Waals surface area contributed by atoms with E-state index in [2.05, 4.69) is 21.3 Å². The first-order chi connectivity index (χ1) is 16.8. The first kappa shape index (κ1) is 25.6. The van der Waals surface area contributed by atoms with E-state index in [1.54, 1.807) is 42.5 Å². The first-order valence-corrected chi connectivity index (χ1v) is 11.0. The van der Waals surface area contributed by atoms with Gasteiger partial charge in [-0.25, -0.2) is 4.79 Å². The van der Waals surface area contributed by atoms with E-state index >= 15 is 0 Å². The van der Waals surface area contributed by atoms with Crippen LogP contribution in [0.2, 0.25) is 5.02 Å². The van der Waals surface area contributed by atoms with Crippen LogP contribution < -0.4 is 35.5 Å². The molecule has 0 bridgehead atoms. The van der Waals surface area contributed by atoms with Gasteiger partial charge in [0.15, 0.2) is 16.6 Å². The highest BCUT2D eigenvalue weighted by atomic mass is 35.5. The lowest BCUT2D eigenvalue weighted by Crippen LogP contribution is -2.34. The molecule has 9 nitrogen and oxygen atoms in total. The van der Waals surface area contributed by atoms with Crippen LogP contribution in [0.25, 0.3) is 0 Å². The maximum Gasteiger partial charge on any atom is 0.323 e. The summed E-state index contributed by atoms with van der Waals surface area (Å²) in [4.78, 5) is 25.1. The van der Waals surface area contributed by atoms with Gasteiger partial charge in [-0.3, -0.25) is 10.1 Å². The summed E-state index contributed by atoms with van der Waals surface area (Å²) in [5.41, 5.74) is 1.73. The summed E-state index contributed by atoms with van der Waals surface area (Å²) >= 11 is 11.5. The number of thiocarbonyl (C=S) groups is 1. The third-order valence-corrected chi connectivity index (χ3v) is 5.19. The van der Waals surface area contributed by atoms with Crippen molar-refractivity contribution in [3.05, 3.63) is 71.2 Å². The molecule has 0 radical (unpaired) electrons. The number of para-hydroxylation sites is 1. The molecule has 0 fully saturated rings. The Bertz CT molecular complexity index is 1210. The number of hydrogen-bond acceptors (Lipinski definition) is 6. The fourth-order valence-corrected chi connectivity index (χ4v) is 3.43. The molecular weight excluding hydrogens is 492 g/mol. The third kappa shape index (κ3) is 6.75. The number of nitrogens with one attached hydrogen (secondary N) is 4. The minimum Gasteiger partial charge on any atom is -0.493 e. The van der Waals surface area contributed by atoms with Gasteiger partial charge in [-0.15, -0.1) is 0 Å². The summed E-state index contributed by atoms with van der Waals surface area (Å²) in [5.74, 6) is 0.539. The Morgan fingerprint density at radius 3 is 2.06 bits per heavy atom. The molecule has 0 aromatic heterocycles. The number of carbonyl (C=O) groups excluding carboxylic acids is 2. The Balaban J connectivity index is 1.67. The van der Waals surface area contributed by atoms with E-state index in [9.17, 15) is 9.59 Å². The maximum atomic E-state index is 12.7. The number of halogens is 1. The van der Waals surface area contributed by atoms with Crippen molar-refractivity contribution in [2.45, 2.75) is 0 Å². The normalized spacial score (nSPS) is 10.1. The number of carbonyl (C=O) groups is 2. The summed E-state index contributed by atoms with van der Waals surface area (Å²) in [5, 5.41) is 11.2. The number of amides is 3. The molecule has 0 saturated carbocycles. The van der Waals surface area contributed by atoms with Crippen LogP contribution in [0.1, 0.15) is 10.4 Å². The van der Waals surface area contributed by atoms with E-state index in [4.69, 9.17) is 38.0 Å². The van der Waals surface area contributed by atoms with Gasteiger partial charge in [0.05, 0.1) is 32.0 Å². The molecule has 11 heteroatoms. The SMILES string of the molecule is COc1cc(C(=O)NC(=S)Nc2ccc(Cl)c(NC(=O)Nc3ccccc3)c2)cc(OC)c1OC. The highest BCUT2D eigenvalue weighted by Gasteiger charge is 2.18. The van der Waals surface area contributed by atoms with Gasteiger partial charge < -0.3 is 30.2 Å². The summed E-state index contributed by atoms with van der Waals surface area (Å²) in [6.07, 6.45) is 0. The first-order valence-electron chi connectivity index (χ1n) is 10.2. The fraction of sp³-hybridized carbons (Fsp3) is 0.125. The average molecular weight is 515 g/mol. The van der Waals surface area contributed by atoms with Crippen molar-refractivity contribution >= 4 is 57.9 Å². The zero-order valence-corrected chi connectivity index (χ0v) is 20.7. The molecule has 3 aromatic carbocycles. The lowest BCUT2D eigenvalue weighted by Gasteiger charge is -2.15. The minimum absolute atomic E-state index is 0.0331. The van der Waals surface area contributed by atoms with Crippen LogP contribution in [0.4, 0.5) is 21.9 Å². The van der Waals surface area contributed by atoms with Crippen LogP contribution in [0.15, 0.2) is 60.7 Å². The molecule has 0 heterocycles. The van der Waals surface area contributed by atoms with E-state index in [-0.39, 0.29) is 10.7 Å². The number of methoxy groups -OCH3 is 3. The second-order valence-corrected chi connectivity index (χ2v) is 7.78. The van der Waals surface area contributed by atoms with Crippen LogP contribution in [0, 0.1) is 0 Å². The van der Waals surface area contributed by atoms with Crippen molar-refractivity contribution in [3.8, 4) is 17.2 Å². The monoisotopic (exact) mass is 514 g/mol. The fourth-order valence-electron chi connectivity index (χ4n) is 3.05. The smallest absolute Gasteiger partial charge is 0.323 e. The number of benzene rings is 3. The molecule has 0 aliphatic carbocycles. The van der Waals surface area contributed by atoms with Gasteiger partial charge in [-0.05, 0) is 54.7 Å². The van der Waals surface area contributed by atoms with Gasteiger partial charge in [0.1, 0.15) is 0 Å². The van der Waals surface area contributed by atoms with Crippen LogP contribution in [0.3, 0.4) is 0 Å². The molecule has 0 aliphatic heterocycles. The zero-order chi connectivity index (χ0) is 25.4. The molecule has 0 unspecified atom stereocenters. The van der Waals surface area contributed by atoms with E-state index in [0.29, 0.717) is 39.3 Å². The van der Waals surface area contributed by atoms with E-state index in [1.807, 2.05) is 6.07 Å². The van der Waals surface area contributed by atoms with E-state index < -0.39 is 11.9 Å².